The van der Waals surface area contributed by atoms with Crippen LogP contribution in [0.25, 0.3) is 0 Å². The highest BCUT2D eigenvalue weighted by molar-refractivity contribution is 5.93. The summed E-state index contributed by atoms with van der Waals surface area (Å²) in [6.45, 7) is 0. The van der Waals surface area contributed by atoms with Crippen molar-refractivity contribution in [1.82, 2.24) is 10.6 Å². The second-order valence-electron chi connectivity index (χ2n) is 4.75. The molecule has 2 aliphatic carbocycles. The van der Waals surface area contributed by atoms with Crippen LogP contribution in [-0.2, 0) is 9.59 Å². The highest BCUT2D eigenvalue weighted by Gasteiger charge is 2.10. The Hall–Kier alpha value is -1.58. The second kappa shape index (κ2) is 8.51. The molecule has 0 fully saturated rings. The molecule has 2 rings (SSSR count). The largest absolute Gasteiger partial charge is 0.355 e. The van der Waals surface area contributed by atoms with Crippen LogP contribution in [-0.4, -0.2) is 25.9 Å². The van der Waals surface area contributed by atoms with E-state index in [-0.39, 0.29) is 11.8 Å². The van der Waals surface area contributed by atoms with Crippen LogP contribution >= 0.6 is 0 Å². The van der Waals surface area contributed by atoms with Crippen molar-refractivity contribution in [2.24, 2.45) is 0 Å². The number of carbonyl (C=O) groups is 2. The quantitative estimate of drug-likeness (QED) is 0.802. The van der Waals surface area contributed by atoms with Crippen molar-refractivity contribution in [2.75, 3.05) is 14.1 Å². The number of nitrogens with one attached hydrogen (secondary N) is 2. The van der Waals surface area contributed by atoms with Gasteiger partial charge in [0.2, 0.25) is 11.8 Å². The summed E-state index contributed by atoms with van der Waals surface area (Å²) in [5.41, 5.74) is 1.92. The molecule has 2 aliphatic rings. The number of amides is 2. The Kier molecular flexibility index (Phi) is 6.93. The van der Waals surface area contributed by atoms with E-state index in [4.69, 9.17) is 0 Å². The molecule has 0 aromatic rings. The van der Waals surface area contributed by atoms with Crippen molar-refractivity contribution in [3.05, 3.63) is 23.3 Å². The molecule has 0 saturated carbocycles. The number of hydrogen-bond acceptors (Lipinski definition) is 2. The first-order valence-corrected chi connectivity index (χ1v) is 7.01. The number of likely N-dealkylation sites (N-methyl/N-ethyl adjacent to an activating group) is 2. The molecule has 4 nitrogen and oxygen atoms in total. The molecule has 0 radical (unpaired) electrons. The third-order valence-electron chi connectivity index (χ3n) is 3.37. The minimum Gasteiger partial charge on any atom is -0.355 e. The van der Waals surface area contributed by atoms with Gasteiger partial charge in [-0.05, 0) is 44.9 Å². The van der Waals surface area contributed by atoms with Gasteiger partial charge in [-0.3, -0.25) is 9.59 Å². The summed E-state index contributed by atoms with van der Waals surface area (Å²) in [6.07, 6.45) is 11.7. The minimum absolute atomic E-state index is 0.0903. The number of allylic oxidation sites excluding steroid dienone is 2. The Labute approximate surface area is 115 Å². The van der Waals surface area contributed by atoms with E-state index < -0.39 is 0 Å². The van der Waals surface area contributed by atoms with Crippen LogP contribution in [0, 0.1) is 0 Å². The third-order valence-corrected chi connectivity index (χ3v) is 3.37. The monoisotopic (exact) mass is 264 g/mol. The van der Waals surface area contributed by atoms with E-state index in [0.29, 0.717) is 0 Å². The van der Waals surface area contributed by atoms with Crippen molar-refractivity contribution in [3.63, 3.8) is 0 Å². The average molecular weight is 264 g/mol. The van der Waals surface area contributed by atoms with E-state index in [1.807, 2.05) is 12.2 Å². The van der Waals surface area contributed by atoms with Crippen molar-refractivity contribution in [3.8, 4) is 0 Å². The van der Waals surface area contributed by atoms with Gasteiger partial charge in [-0.1, -0.05) is 12.2 Å². The fourth-order valence-corrected chi connectivity index (χ4v) is 2.24. The van der Waals surface area contributed by atoms with Crippen LogP contribution in [0.5, 0.6) is 0 Å². The summed E-state index contributed by atoms with van der Waals surface area (Å²) in [7, 11) is 3.35. The van der Waals surface area contributed by atoms with E-state index >= 15 is 0 Å². The molecule has 0 spiro atoms. The summed E-state index contributed by atoms with van der Waals surface area (Å²) in [6, 6.07) is 0. The van der Waals surface area contributed by atoms with Crippen molar-refractivity contribution in [2.45, 2.75) is 44.9 Å². The fraction of sp³-hybridized carbons (Fsp3) is 0.600. The summed E-state index contributed by atoms with van der Waals surface area (Å²) in [4.78, 5) is 21.8. The maximum absolute atomic E-state index is 11.0. The van der Waals surface area contributed by atoms with Gasteiger partial charge in [-0.25, -0.2) is 0 Å². The van der Waals surface area contributed by atoms with E-state index in [9.17, 15) is 9.59 Å². The average Bonchev–Trinajstić information content (AvgIpc) is 3.01. The van der Waals surface area contributed by atoms with Gasteiger partial charge in [0.15, 0.2) is 0 Å². The lowest BCUT2D eigenvalue weighted by atomic mass is 9.99. The van der Waals surface area contributed by atoms with Crippen LogP contribution in [0.15, 0.2) is 23.3 Å². The first kappa shape index (κ1) is 15.5. The molecule has 0 aliphatic heterocycles. The van der Waals surface area contributed by atoms with E-state index in [2.05, 4.69) is 10.6 Å². The number of hydrogen-bond donors (Lipinski definition) is 2. The van der Waals surface area contributed by atoms with Gasteiger partial charge in [0, 0.05) is 25.2 Å². The zero-order chi connectivity index (χ0) is 14.1. The molecule has 0 atom stereocenters. The summed E-state index contributed by atoms with van der Waals surface area (Å²) < 4.78 is 0. The van der Waals surface area contributed by atoms with E-state index in [1.165, 1.54) is 12.8 Å². The fourth-order valence-electron chi connectivity index (χ4n) is 2.24. The lowest BCUT2D eigenvalue weighted by molar-refractivity contribution is -0.118. The number of carbonyl (C=O) groups excluding carboxylic acids is 2. The van der Waals surface area contributed by atoms with Gasteiger partial charge < -0.3 is 10.6 Å². The molecule has 0 bridgehead atoms. The standard InChI is InChI=1S/C8H13NO.C7H11NO/c1-9-8(10)7-5-3-2-4-6-7;1-8-7(9)6-4-2-3-5-6/h5H,2-4,6H2,1H3,(H,9,10);4H,2-3,5H2,1H3,(H,8,9). The maximum Gasteiger partial charge on any atom is 0.246 e. The van der Waals surface area contributed by atoms with Gasteiger partial charge in [-0.2, -0.15) is 0 Å². The van der Waals surface area contributed by atoms with Gasteiger partial charge in [0.05, 0.1) is 0 Å². The predicted molar refractivity (Wildman–Crippen MR) is 76.6 cm³/mol. The molecule has 0 heterocycles. The van der Waals surface area contributed by atoms with E-state index in [0.717, 1.165) is 43.3 Å². The predicted octanol–water partition coefficient (Wildman–Crippen LogP) is 2.08. The van der Waals surface area contributed by atoms with Crippen molar-refractivity contribution in [1.29, 1.82) is 0 Å². The Balaban J connectivity index is 0.000000191. The molecule has 0 unspecified atom stereocenters. The molecule has 4 heteroatoms. The van der Waals surface area contributed by atoms with Crippen LogP contribution in [0.3, 0.4) is 0 Å². The smallest absolute Gasteiger partial charge is 0.246 e. The first-order chi connectivity index (χ1) is 9.19. The summed E-state index contributed by atoms with van der Waals surface area (Å²) >= 11 is 0. The Bertz CT molecular complexity index is 384. The van der Waals surface area contributed by atoms with Crippen LogP contribution < -0.4 is 10.6 Å². The molecule has 0 aromatic carbocycles. The van der Waals surface area contributed by atoms with Gasteiger partial charge in [-0.15, -0.1) is 0 Å². The molecular weight excluding hydrogens is 240 g/mol. The molecule has 2 amide bonds. The summed E-state index contributed by atoms with van der Waals surface area (Å²) in [5.74, 6) is 0.187. The van der Waals surface area contributed by atoms with Gasteiger partial charge in [0.1, 0.15) is 0 Å². The zero-order valence-electron chi connectivity index (χ0n) is 11.9. The first-order valence-electron chi connectivity index (χ1n) is 7.01. The van der Waals surface area contributed by atoms with Crippen molar-refractivity contribution < 1.29 is 9.59 Å². The number of rotatable bonds is 2. The Morgan fingerprint density at radius 3 is 1.68 bits per heavy atom. The minimum atomic E-state index is 0.0903. The zero-order valence-corrected chi connectivity index (χ0v) is 11.9. The maximum atomic E-state index is 11.0. The lowest BCUT2D eigenvalue weighted by Gasteiger charge is -2.09. The van der Waals surface area contributed by atoms with Crippen LogP contribution in [0.4, 0.5) is 0 Å². The Morgan fingerprint density at radius 2 is 1.32 bits per heavy atom. The van der Waals surface area contributed by atoms with Gasteiger partial charge in [0.25, 0.3) is 0 Å². The highest BCUT2D eigenvalue weighted by atomic mass is 16.2. The summed E-state index contributed by atoms with van der Waals surface area (Å²) in [5, 5.41) is 5.23. The topological polar surface area (TPSA) is 58.2 Å². The Morgan fingerprint density at radius 1 is 0.842 bits per heavy atom. The molecule has 0 aromatic heterocycles. The third kappa shape index (κ3) is 5.28. The van der Waals surface area contributed by atoms with Gasteiger partial charge >= 0.3 is 0 Å². The SMILES string of the molecule is CNC(=O)C1=CCCC1.CNC(=O)C1=CCCCC1. The van der Waals surface area contributed by atoms with Crippen molar-refractivity contribution >= 4 is 11.8 Å². The second-order valence-corrected chi connectivity index (χ2v) is 4.75. The molecule has 2 N–H and O–H groups in total. The van der Waals surface area contributed by atoms with E-state index in [1.54, 1.807) is 14.1 Å². The lowest BCUT2D eigenvalue weighted by Crippen LogP contribution is -2.20. The molecule has 106 valence electrons. The molecule has 0 saturated heterocycles. The van der Waals surface area contributed by atoms with Crippen LogP contribution in [0.2, 0.25) is 0 Å². The molecular formula is C15H24N2O2. The normalized spacial score (nSPS) is 17.6. The highest BCUT2D eigenvalue weighted by Crippen LogP contribution is 2.17. The molecule has 19 heavy (non-hydrogen) atoms. The van der Waals surface area contributed by atoms with Crippen LogP contribution in [0.1, 0.15) is 44.9 Å².